The highest BCUT2D eigenvalue weighted by atomic mass is 35.5. The maximum atomic E-state index is 13.4. The first kappa shape index (κ1) is 15.0. The standard InChI is InChI=1S/C17H18ClFO/c1-17(2,13-8-4-3-5-9-13)15(20)11-12-7-6-10-14(19)16(12)18/h3-10,15,20H,11H2,1-2H3. The number of rotatable bonds is 4. The minimum absolute atomic E-state index is 0.0930. The second-order valence-electron chi connectivity index (χ2n) is 5.52. The highest BCUT2D eigenvalue weighted by molar-refractivity contribution is 6.31. The summed E-state index contributed by atoms with van der Waals surface area (Å²) in [6, 6.07) is 14.5. The fraction of sp³-hybridized carbons (Fsp3) is 0.294. The average molecular weight is 293 g/mol. The van der Waals surface area contributed by atoms with Crippen molar-refractivity contribution in [3.8, 4) is 0 Å². The Balaban J connectivity index is 2.23. The van der Waals surface area contributed by atoms with Gasteiger partial charge < -0.3 is 5.11 Å². The van der Waals surface area contributed by atoms with E-state index in [2.05, 4.69) is 0 Å². The first-order chi connectivity index (χ1) is 9.43. The molecule has 0 bridgehead atoms. The molecule has 20 heavy (non-hydrogen) atoms. The average Bonchev–Trinajstić information content (AvgIpc) is 2.44. The molecule has 0 amide bonds. The molecular formula is C17H18ClFO. The normalized spacial score (nSPS) is 13.2. The first-order valence-electron chi connectivity index (χ1n) is 6.59. The summed E-state index contributed by atoms with van der Waals surface area (Å²) in [4.78, 5) is 0. The van der Waals surface area contributed by atoms with Gasteiger partial charge in [-0.1, -0.05) is 67.9 Å². The van der Waals surface area contributed by atoms with Crippen LogP contribution in [0.3, 0.4) is 0 Å². The summed E-state index contributed by atoms with van der Waals surface area (Å²) < 4.78 is 13.4. The minimum atomic E-state index is -0.649. The van der Waals surface area contributed by atoms with Gasteiger partial charge in [0.25, 0.3) is 0 Å². The van der Waals surface area contributed by atoms with E-state index in [1.165, 1.54) is 6.07 Å². The van der Waals surface area contributed by atoms with Crippen molar-refractivity contribution < 1.29 is 9.50 Å². The summed E-state index contributed by atoms with van der Waals surface area (Å²) in [6.45, 7) is 3.94. The molecule has 0 aliphatic carbocycles. The number of aliphatic hydroxyl groups is 1. The third-order valence-electron chi connectivity index (χ3n) is 3.80. The Kier molecular flexibility index (Phi) is 4.46. The summed E-state index contributed by atoms with van der Waals surface area (Å²) in [7, 11) is 0. The fourth-order valence-corrected chi connectivity index (χ4v) is 2.43. The van der Waals surface area contributed by atoms with Gasteiger partial charge in [0.1, 0.15) is 5.82 Å². The van der Waals surface area contributed by atoms with Crippen molar-refractivity contribution in [1.82, 2.24) is 0 Å². The fourth-order valence-electron chi connectivity index (χ4n) is 2.23. The molecule has 1 N–H and O–H groups in total. The summed E-state index contributed by atoms with van der Waals surface area (Å²) in [5.41, 5.74) is 1.24. The summed E-state index contributed by atoms with van der Waals surface area (Å²) >= 11 is 5.95. The predicted molar refractivity (Wildman–Crippen MR) is 80.6 cm³/mol. The number of benzene rings is 2. The Morgan fingerprint density at radius 2 is 1.75 bits per heavy atom. The number of hydrogen-bond acceptors (Lipinski definition) is 1. The van der Waals surface area contributed by atoms with Crippen molar-refractivity contribution in [3.05, 3.63) is 70.5 Å². The molecule has 1 nitrogen and oxygen atoms in total. The van der Waals surface area contributed by atoms with Gasteiger partial charge in [0.05, 0.1) is 11.1 Å². The van der Waals surface area contributed by atoms with Gasteiger partial charge >= 0.3 is 0 Å². The predicted octanol–water partition coefficient (Wildman–Crippen LogP) is 4.36. The van der Waals surface area contributed by atoms with Crippen LogP contribution in [0.2, 0.25) is 5.02 Å². The second-order valence-corrected chi connectivity index (χ2v) is 5.90. The second kappa shape index (κ2) is 5.94. The Morgan fingerprint density at radius 1 is 1.10 bits per heavy atom. The molecule has 1 unspecified atom stereocenters. The maximum absolute atomic E-state index is 13.4. The zero-order valence-electron chi connectivity index (χ0n) is 11.6. The topological polar surface area (TPSA) is 20.2 Å². The van der Waals surface area contributed by atoms with E-state index in [1.54, 1.807) is 12.1 Å². The molecule has 0 saturated heterocycles. The van der Waals surface area contributed by atoms with Crippen LogP contribution in [0.5, 0.6) is 0 Å². The third-order valence-corrected chi connectivity index (χ3v) is 4.22. The SMILES string of the molecule is CC(C)(c1ccccc1)C(O)Cc1cccc(F)c1Cl. The van der Waals surface area contributed by atoms with E-state index in [9.17, 15) is 9.50 Å². The van der Waals surface area contributed by atoms with E-state index in [4.69, 9.17) is 11.6 Å². The number of hydrogen-bond donors (Lipinski definition) is 1. The van der Waals surface area contributed by atoms with Crippen molar-refractivity contribution >= 4 is 11.6 Å². The summed E-state index contributed by atoms with van der Waals surface area (Å²) in [5.74, 6) is -0.450. The molecule has 0 spiro atoms. The van der Waals surface area contributed by atoms with Gasteiger partial charge in [-0.05, 0) is 17.2 Å². The molecule has 0 aromatic heterocycles. The zero-order valence-corrected chi connectivity index (χ0v) is 12.4. The van der Waals surface area contributed by atoms with Crippen LogP contribution in [0, 0.1) is 5.82 Å². The van der Waals surface area contributed by atoms with Crippen LogP contribution >= 0.6 is 11.6 Å². The Labute approximate surface area is 124 Å². The summed E-state index contributed by atoms with van der Waals surface area (Å²) in [6.07, 6.45) is -0.331. The van der Waals surface area contributed by atoms with Gasteiger partial charge in [0.15, 0.2) is 0 Å². The smallest absolute Gasteiger partial charge is 0.142 e. The minimum Gasteiger partial charge on any atom is -0.392 e. The molecule has 2 aromatic rings. The molecule has 0 saturated carbocycles. The molecule has 0 aliphatic heterocycles. The van der Waals surface area contributed by atoms with Crippen LogP contribution in [0.4, 0.5) is 4.39 Å². The molecule has 0 heterocycles. The van der Waals surface area contributed by atoms with Crippen LogP contribution in [-0.2, 0) is 11.8 Å². The van der Waals surface area contributed by atoms with Crippen molar-refractivity contribution in [3.63, 3.8) is 0 Å². The molecule has 2 rings (SSSR count). The Hall–Kier alpha value is -1.38. The molecular weight excluding hydrogens is 275 g/mol. The van der Waals surface area contributed by atoms with Crippen molar-refractivity contribution in [1.29, 1.82) is 0 Å². The van der Waals surface area contributed by atoms with E-state index in [0.29, 0.717) is 12.0 Å². The lowest BCUT2D eigenvalue weighted by Crippen LogP contribution is -2.35. The van der Waals surface area contributed by atoms with Crippen LogP contribution in [0.1, 0.15) is 25.0 Å². The van der Waals surface area contributed by atoms with Gasteiger partial charge in [0, 0.05) is 11.8 Å². The largest absolute Gasteiger partial charge is 0.392 e. The zero-order chi connectivity index (χ0) is 14.8. The lowest BCUT2D eigenvalue weighted by Gasteiger charge is -2.31. The van der Waals surface area contributed by atoms with Gasteiger partial charge in [-0.25, -0.2) is 4.39 Å². The summed E-state index contributed by atoms with van der Waals surface area (Å²) in [5, 5.41) is 10.6. The van der Waals surface area contributed by atoms with Crippen LogP contribution < -0.4 is 0 Å². The van der Waals surface area contributed by atoms with E-state index in [-0.39, 0.29) is 5.02 Å². The van der Waals surface area contributed by atoms with Gasteiger partial charge in [-0.3, -0.25) is 0 Å². The third kappa shape index (κ3) is 3.02. The number of aliphatic hydroxyl groups excluding tert-OH is 1. The van der Waals surface area contributed by atoms with E-state index < -0.39 is 17.3 Å². The van der Waals surface area contributed by atoms with E-state index in [0.717, 1.165) is 5.56 Å². The Morgan fingerprint density at radius 3 is 2.40 bits per heavy atom. The van der Waals surface area contributed by atoms with E-state index in [1.807, 2.05) is 44.2 Å². The van der Waals surface area contributed by atoms with E-state index >= 15 is 0 Å². The molecule has 106 valence electrons. The molecule has 2 aromatic carbocycles. The lowest BCUT2D eigenvalue weighted by atomic mass is 9.77. The molecule has 3 heteroatoms. The molecule has 0 radical (unpaired) electrons. The quantitative estimate of drug-likeness (QED) is 0.888. The van der Waals surface area contributed by atoms with Gasteiger partial charge in [-0.2, -0.15) is 0 Å². The van der Waals surface area contributed by atoms with Crippen LogP contribution in [0.15, 0.2) is 48.5 Å². The van der Waals surface area contributed by atoms with Crippen molar-refractivity contribution in [2.24, 2.45) is 0 Å². The van der Waals surface area contributed by atoms with Gasteiger partial charge in [0.2, 0.25) is 0 Å². The van der Waals surface area contributed by atoms with Gasteiger partial charge in [-0.15, -0.1) is 0 Å². The monoisotopic (exact) mass is 292 g/mol. The molecule has 1 atom stereocenters. The Bertz CT molecular complexity index is 581. The molecule has 0 fully saturated rings. The highest BCUT2D eigenvalue weighted by Gasteiger charge is 2.30. The highest BCUT2D eigenvalue weighted by Crippen LogP contribution is 2.31. The lowest BCUT2D eigenvalue weighted by molar-refractivity contribution is 0.0999. The first-order valence-corrected chi connectivity index (χ1v) is 6.97. The van der Waals surface area contributed by atoms with Crippen LogP contribution in [0.25, 0.3) is 0 Å². The van der Waals surface area contributed by atoms with Crippen molar-refractivity contribution in [2.75, 3.05) is 0 Å². The van der Waals surface area contributed by atoms with Crippen molar-refractivity contribution in [2.45, 2.75) is 31.8 Å². The maximum Gasteiger partial charge on any atom is 0.142 e. The molecule has 0 aliphatic rings. The van der Waals surface area contributed by atoms with Crippen LogP contribution in [-0.4, -0.2) is 11.2 Å². The number of halogens is 2.